The Bertz CT molecular complexity index is 1220. The molecule has 3 aromatic carbocycles. The summed E-state index contributed by atoms with van der Waals surface area (Å²) in [6, 6.07) is 9.64. The highest BCUT2D eigenvalue weighted by Gasteiger charge is 2.21. The predicted molar refractivity (Wildman–Crippen MR) is 159 cm³/mol. The van der Waals surface area contributed by atoms with E-state index in [-0.39, 0.29) is 0 Å². The third-order valence-electron chi connectivity index (χ3n) is 9.93. The molecule has 0 spiro atoms. The summed E-state index contributed by atoms with van der Waals surface area (Å²) < 4.78 is 0. The van der Waals surface area contributed by atoms with Gasteiger partial charge >= 0.3 is 0 Å². The largest absolute Gasteiger partial charge is 0.0625 e. The van der Waals surface area contributed by atoms with Crippen molar-refractivity contribution in [3.63, 3.8) is 0 Å². The minimum Gasteiger partial charge on any atom is -0.0625 e. The molecule has 36 heavy (non-hydrogen) atoms. The van der Waals surface area contributed by atoms with E-state index in [0.717, 1.165) is 18.3 Å². The molecule has 0 unspecified atom stereocenters. The van der Waals surface area contributed by atoms with Crippen molar-refractivity contribution in [1.82, 2.24) is 0 Å². The quantitative estimate of drug-likeness (QED) is 0.341. The number of rotatable bonds is 5. The van der Waals surface area contributed by atoms with Gasteiger partial charge in [-0.25, -0.2) is 0 Å². The van der Waals surface area contributed by atoms with Gasteiger partial charge in [0.25, 0.3) is 0 Å². The Kier molecular flexibility index (Phi) is 7.84. The van der Waals surface area contributed by atoms with Crippen LogP contribution in [0.2, 0.25) is 0 Å². The SMILES string of the molecule is Cc1cc(-c2c(C)c(C)c(Cc3c(C)c(C)cc(C)c3C)c(C)c2C)ccc1CC1CCC(C)CC1. The lowest BCUT2D eigenvalue weighted by molar-refractivity contribution is 0.288. The highest BCUT2D eigenvalue weighted by atomic mass is 14.3. The van der Waals surface area contributed by atoms with Gasteiger partial charge in [0.1, 0.15) is 0 Å². The third-order valence-corrected chi connectivity index (χ3v) is 9.93. The van der Waals surface area contributed by atoms with E-state index in [1.54, 1.807) is 5.56 Å². The number of hydrogen-bond acceptors (Lipinski definition) is 0. The first-order valence-electron chi connectivity index (χ1n) is 14.2. The summed E-state index contributed by atoms with van der Waals surface area (Å²) in [4.78, 5) is 0. The van der Waals surface area contributed by atoms with Crippen LogP contribution in [0, 0.1) is 74.1 Å². The first kappa shape index (κ1) is 26.7. The molecule has 0 N–H and O–H groups in total. The Morgan fingerprint density at radius 3 is 1.64 bits per heavy atom. The Morgan fingerprint density at radius 2 is 1.11 bits per heavy atom. The Morgan fingerprint density at radius 1 is 0.583 bits per heavy atom. The van der Waals surface area contributed by atoms with Gasteiger partial charge in [0, 0.05) is 0 Å². The minimum atomic E-state index is 0.871. The van der Waals surface area contributed by atoms with Crippen molar-refractivity contribution in [2.75, 3.05) is 0 Å². The maximum Gasteiger partial charge on any atom is -0.00149 e. The molecule has 0 atom stereocenters. The molecule has 0 radical (unpaired) electrons. The van der Waals surface area contributed by atoms with E-state index in [4.69, 9.17) is 0 Å². The minimum absolute atomic E-state index is 0.871. The van der Waals surface area contributed by atoms with Crippen LogP contribution in [0.4, 0.5) is 0 Å². The molecule has 0 saturated heterocycles. The zero-order valence-electron chi connectivity index (χ0n) is 24.7. The maximum absolute atomic E-state index is 2.47. The van der Waals surface area contributed by atoms with Gasteiger partial charge in [0.05, 0.1) is 0 Å². The van der Waals surface area contributed by atoms with Gasteiger partial charge in [-0.3, -0.25) is 0 Å². The third kappa shape index (κ3) is 5.06. The van der Waals surface area contributed by atoms with Gasteiger partial charge < -0.3 is 0 Å². The van der Waals surface area contributed by atoms with Gasteiger partial charge in [-0.1, -0.05) is 44.0 Å². The van der Waals surface area contributed by atoms with Crippen molar-refractivity contribution in [3.8, 4) is 11.1 Å². The summed E-state index contributed by atoms with van der Waals surface area (Å²) in [7, 11) is 0. The molecular weight excluding hydrogens is 432 g/mol. The molecule has 1 aliphatic rings. The molecule has 0 amide bonds. The molecule has 1 saturated carbocycles. The van der Waals surface area contributed by atoms with Crippen LogP contribution in [0.5, 0.6) is 0 Å². The molecule has 0 bridgehead atoms. The average molecular weight is 481 g/mol. The highest BCUT2D eigenvalue weighted by molar-refractivity contribution is 5.75. The lowest BCUT2D eigenvalue weighted by Gasteiger charge is -2.27. The average Bonchev–Trinajstić information content (AvgIpc) is 2.84. The second kappa shape index (κ2) is 10.6. The van der Waals surface area contributed by atoms with Crippen LogP contribution in [0.1, 0.15) is 99.4 Å². The van der Waals surface area contributed by atoms with Crippen LogP contribution in [-0.2, 0) is 12.8 Å². The van der Waals surface area contributed by atoms with Gasteiger partial charge in [0.15, 0.2) is 0 Å². The van der Waals surface area contributed by atoms with E-state index in [1.807, 2.05) is 0 Å². The van der Waals surface area contributed by atoms with Crippen LogP contribution in [-0.4, -0.2) is 0 Å². The van der Waals surface area contributed by atoms with E-state index in [0.29, 0.717) is 0 Å². The summed E-state index contributed by atoms with van der Waals surface area (Å²) in [6.07, 6.45) is 7.90. The molecule has 1 fully saturated rings. The fourth-order valence-electron chi connectivity index (χ4n) is 6.75. The molecular formula is C36H48. The highest BCUT2D eigenvalue weighted by Crippen LogP contribution is 2.38. The Labute approximate surface area is 221 Å². The fraction of sp³-hybridized carbons (Fsp3) is 0.500. The second-order valence-corrected chi connectivity index (χ2v) is 12.2. The normalized spacial score (nSPS) is 18.1. The van der Waals surface area contributed by atoms with Crippen LogP contribution < -0.4 is 0 Å². The predicted octanol–water partition coefficient (Wildman–Crippen LogP) is 10.1. The van der Waals surface area contributed by atoms with Gasteiger partial charge in [-0.15, -0.1) is 0 Å². The van der Waals surface area contributed by atoms with Gasteiger partial charge in [-0.05, 0) is 178 Å². The lowest BCUT2D eigenvalue weighted by atomic mass is 9.79. The van der Waals surface area contributed by atoms with E-state index >= 15 is 0 Å². The van der Waals surface area contributed by atoms with E-state index in [9.17, 15) is 0 Å². The molecule has 0 heterocycles. The molecule has 4 rings (SSSR count). The first-order valence-corrected chi connectivity index (χ1v) is 14.2. The van der Waals surface area contributed by atoms with Crippen molar-refractivity contribution in [2.45, 2.75) is 108 Å². The summed E-state index contributed by atoms with van der Waals surface area (Å²) in [5.74, 6) is 1.79. The van der Waals surface area contributed by atoms with E-state index in [1.165, 1.54) is 104 Å². The fourth-order valence-corrected chi connectivity index (χ4v) is 6.75. The van der Waals surface area contributed by atoms with Gasteiger partial charge in [0.2, 0.25) is 0 Å². The van der Waals surface area contributed by atoms with Crippen LogP contribution >= 0.6 is 0 Å². The second-order valence-electron chi connectivity index (χ2n) is 12.2. The van der Waals surface area contributed by atoms with Crippen molar-refractivity contribution in [2.24, 2.45) is 11.8 Å². The van der Waals surface area contributed by atoms with Crippen LogP contribution in [0.15, 0.2) is 24.3 Å². The summed E-state index contributed by atoms with van der Waals surface area (Å²) in [6.45, 7) is 23.2. The topological polar surface area (TPSA) is 0 Å². The van der Waals surface area contributed by atoms with Crippen molar-refractivity contribution in [3.05, 3.63) is 91.0 Å². The summed E-state index contributed by atoms with van der Waals surface area (Å²) >= 11 is 0. The van der Waals surface area contributed by atoms with Crippen molar-refractivity contribution < 1.29 is 0 Å². The summed E-state index contributed by atoms with van der Waals surface area (Å²) in [5.41, 5.74) is 20.4. The number of aryl methyl sites for hydroxylation is 3. The molecule has 0 nitrogen and oxygen atoms in total. The molecule has 0 heteroatoms. The molecule has 1 aliphatic carbocycles. The Balaban J connectivity index is 1.69. The monoisotopic (exact) mass is 480 g/mol. The molecule has 3 aromatic rings. The maximum atomic E-state index is 2.47. The zero-order chi connectivity index (χ0) is 26.3. The van der Waals surface area contributed by atoms with Gasteiger partial charge in [-0.2, -0.15) is 0 Å². The Hall–Kier alpha value is -2.34. The number of benzene rings is 3. The molecule has 0 aromatic heterocycles. The van der Waals surface area contributed by atoms with E-state index < -0.39 is 0 Å². The molecule has 192 valence electrons. The van der Waals surface area contributed by atoms with E-state index in [2.05, 4.69) is 93.5 Å². The number of hydrogen-bond donors (Lipinski definition) is 0. The van der Waals surface area contributed by atoms with Crippen LogP contribution in [0.3, 0.4) is 0 Å². The lowest BCUT2D eigenvalue weighted by Crippen LogP contribution is -2.14. The van der Waals surface area contributed by atoms with Crippen LogP contribution in [0.25, 0.3) is 11.1 Å². The summed E-state index contributed by atoms with van der Waals surface area (Å²) in [5, 5.41) is 0. The first-order chi connectivity index (χ1) is 17.0. The molecule has 0 aliphatic heterocycles. The standard InChI is InChI=1S/C36H48/c1-21-11-13-31(14-12-21)19-32-15-16-33(18-24(32)4)36-29(9)27(7)35(28(8)30(36)10)20-34-25(5)22(2)17-23(3)26(34)6/h15-18,21,31H,11-14,19-20H2,1-10H3. The van der Waals surface area contributed by atoms with Crippen molar-refractivity contribution >= 4 is 0 Å². The smallest absolute Gasteiger partial charge is 0.00149 e. The zero-order valence-corrected chi connectivity index (χ0v) is 24.7. The van der Waals surface area contributed by atoms with Crippen molar-refractivity contribution in [1.29, 1.82) is 0 Å².